The zero-order chi connectivity index (χ0) is 21.1. The summed E-state index contributed by atoms with van der Waals surface area (Å²) in [6.45, 7) is 3.65. The minimum atomic E-state index is -0.838. The lowest BCUT2D eigenvalue weighted by Crippen LogP contribution is -2.20. The minimum Gasteiger partial charge on any atom is -0.493 e. The Bertz CT molecular complexity index is 1030. The minimum absolute atomic E-state index is 0.000929. The average Bonchev–Trinajstić information content (AvgIpc) is 2.95. The van der Waals surface area contributed by atoms with Crippen LogP contribution in [0.5, 0.6) is 5.75 Å². The van der Waals surface area contributed by atoms with E-state index in [4.69, 9.17) is 16.3 Å². The Hall–Kier alpha value is -2.93. The second-order valence-electron chi connectivity index (χ2n) is 6.50. The van der Waals surface area contributed by atoms with Gasteiger partial charge >= 0.3 is 0 Å². The van der Waals surface area contributed by atoms with E-state index in [9.17, 15) is 13.6 Å². The largest absolute Gasteiger partial charge is 0.493 e. The smallest absolute Gasteiger partial charge is 0.223 e. The number of carbonyl (C=O) groups is 1. The predicted molar refractivity (Wildman–Crippen MR) is 108 cm³/mol. The predicted octanol–water partition coefficient (Wildman–Crippen LogP) is 4.60. The first kappa shape index (κ1) is 20.8. The first-order valence-electron chi connectivity index (χ1n) is 8.96. The Morgan fingerprint density at radius 2 is 1.79 bits per heavy atom. The van der Waals surface area contributed by atoms with Crippen molar-refractivity contribution in [3.8, 4) is 22.7 Å². The molecule has 0 aliphatic rings. The van der Waals surface area contributed by atoms with Crippen molar-refractivity contribution in [1.82, 2.24) is 14.9 Å². The molecule has 1 heterocycles. The van der Waals surface area contributed by atoms with Gasteiger partial charge in [-0.3, -0.25) is 9.36 Å². The molecule has 29 heavy (non-hydrogen) atoms. The van der Waals surface area contributed by atoms with E-state index in [0.717, 1.165) is 17.7 Å². The number of imidazole rings is 1. The quantitative estimate of drug-likeness (QED) is 0.635. The van der Waals surface area contributed by atoms with Gasteiger partial charge in [0.15, 0.2) is 5.15 Å². The van der Waals surface area contributed by atoms with Crippen LogP contribution in [0.4, 0.5) is 8.78 Å². The van der Waals surface area contributed by atoms with Crippen molar-refractivity contribution >= 4 is 17.5 Å². The topological polar surface area (TPSA) is 56.1 Å². The maximum absolute atomic E-state index is 14.9. The normalized spacial score (nSPS) is 10.8. The highest BCUT2D eigenvalue weighted by atomic mass is 35.5. The Kier molecular flexibility index (Phi) is 6.17. The summed E-state index contributed by atoms with van der Waals surface area (Å²) in [6.07, 6.45) is 0.0761. The third-order valence-electron chi connectivity index (χ3n) is 4.42. The standard InChI is InChI=1S/C21H20ClF2N3O2/c1-12-4-6-14(7-5-12)27-13(2)26-21(22)20(27)19-16(23)10-15(11-17(19)24)29-9-8-18(28)25-3/h4-7,10-11H,8-9H2,1-3H3,(H,25,28). The van der Waals surface area contributed by atoms with Crippen molar-refractivity contribution in [1.29, 1.82) is 0 Å². The molecule has 0 radical (unpaired) electrons. The number of ether oxygens (including phenoxy) is 1. The molecule has 1 N–H and O–H groups in total. The van der Waals surface area contributed by atoms with Crippen LogP contribution in [0, 0.1) is 25.5 Å². The van der Waals surface area contributed by atoms with Gasteiger partial charge in [0, 0.05) is 24.9 Å². The number of hydrogen-bond donors (Lipinski definition) is 1. The fraction of sp³-hybridized carbons (Fsp3) is 0.238. The van der Waals surface area contributed by atoms with Gasteiger partial charge in [0.05, 0.1) is 24.3 Å². The molecule has 2 aromatic carbocycles. The van der Waals surface area contributed by atoms with E-state index in [-0.39, 0.29) is 41.1 Å². The molecular formula is C21H20ClF2N3O2. The van der Waals surface area contributed by atoms with Gasteiger partial charge in [-0.15, -0.1) is 0 Å². The summed E-state index contributed by atoms with van der Waals surface area (Å²) in [5.74, 6) is -1.42. The van der Waals surface area contributed by atoms with E-state index >= 15 is 0 Å². The Morgan fingerprint density at radius 3 is 2.38 bits per heavy atom. The van der Waals surface area contributed by atoms with Crippen LogP contribution in [0.2, 0.25) is 5.15 Å². The summed E-state index contributed by atoms with van der Waals surface area (Å²) in [7, 11) is 1.50. The summed E-state index contributed by atoms with van der Waals surface area (Å²) in [6, 6.07) is 9.58. The molecule has 0 aliphatic heterocycles. The molecule has 0 atom stereocenters. The third kappa shape index (κ3) is 4.40. The van der Waals surface area contributed by atoms with Gasteiger partial charge in [0.1, 0.15) is 23.2 Å². The van der Waals surface area contributed by atoms with Gasteiger partial charge in [0.2, 0.25) is 5.91 Å². The SMILES string of the molecule is CNC(=O)CCOc1cc(F)c(-c2c(Cl)nc(C)n2-c2ccc(C)cc2)c(F)c1. The van der Waals surface area contributed by atoms with Crippen LogP contribution in [-0.2, 0) is 4.79 Å². The summed E-state index contributed by atoms with van der Waals surface area (Å²) in [4.78, 5) is 15.4. The molecule has 5 nitrogen and oxygen atoms in total. The number of nitrogens with one attached hydrogen (secondary N) is 1. The molecule has 3 aromatic rings. The molecule has 1 aromatic heterocycles. The first-order valence-corrected chi connectivity index (χ1v) is 9.34. The maximum atomic E-state index is 14.9. The molecular weight excluding hydrogens is 400 g/mol. The van der Waals surface area contributed by atoms with E-state index in [1.54, 1.807) is 11.5 Å². The second-order valence-corrected chi connectivity index (χ2v) is 6.86. The van der Waals surface area contributed by atoms with E-state index in [2.05, 4.69) is 10.3 Å². The Balaban J connectivity index is 2.01. The van der Waals surface area contributed by atoms with Crippen molar-refractivity contribution < 1.29 is 18.3 Å². The number of carbonyl (C=O) groups excluding carboxylic acids is 1. The molecule has 0 fully saturated rings. The van der Waals surface area contributed by atoms with Gasteiger partial charge in [-0.2, -0.15) is 0 Å². The molecule has 152 valence electrons. The lowest BCUT2D eigenvalue weighted by Gasteiger charge is -2.14. The monoisotopic (exact) mass is 419 g/mol. The number of hydrogen-bond acceptors (Lipinski definition) is 3. The summed E-state index contributed by atoms with van der Waals surface area (Å²) in [5, 5.41) is 2.44. The van der Waals surface area contributed by atoms with Crippen molar-refractivity contribution in [3.63, 3.8) is 0 Å². The zero-order valence-electron chi connectivity index (χ0n) is 16.2. The van der Waals surface area contributed by atoms with Crippen molar-refractivity contribution in [2.45, 2.75) is 20.3 Å². The number of halogens is 3. The lowest BCUT2D eigenvalue weighted by molar-refractivity contribution is -0.121. The highest BCUT2D eigenvalue weighted by molar-refractivity contribution is 6.32. The molecule has 0 spiro atoms. The van der Waals surface area contributed by atoms with Crippen molar-refractivity contribution in [3.05, 3.63) is 64.6 Å². The van der Waals surface area contributed by atoms with Crippen LogP contribution in [-0.4, -0.2) is 29.1 Å². The maximum Gasteiger partial charge on any atom is 0.223 e. The lowest BCUT2D eigenvalue weighted by atomic mass is 10.1. The Labute approximate surface area is 172 Å². The van der Waals surface area contributed by atoms with Crippen LogP contribution < -0.4 is 10.1 Å². The second kappa shape index (κ2) is 8.61. The summed E-state index contributed by atoms with van der Waals surface area (Å²) in [5.41, 5.74) is 1.57. The molecule has 0 saturated carbocycles. The molecule has 0 saturated heterocycles. The van der Waals surface area contributed by atoms with E-state index < -0.39 is 11.6 Å². The van der Waals surface area contributed by atoms with Crippen LogP contribution in [0.3, 0.4) is 0 Å². The molecule has 3 rings (SSSR count). The number of rotatable bonds is 6. The molecule has 0 aliphatic carbocycles. The number of benzene rings is 2. The van der Waals surface area contributed by atoms with Crippen molar-refractivity contribution in [2.24, 2.45) is 0 Å². The molecule has 8 heteroatoms. The van der Waals surface area contributed by atoms with Crippen LogP contribution in [0.15, 0.2) is 36.4 Å². The van der Waals surface area contributed by atoms with Crippen LogP contribution in [0.1, 0.15) is 17.8 Å². The Morgan fingerprint density at radius 1 is 1.17 bits per heavy atom. The van der Waals surface area contributed by atoms with Gasteiger partial charge in [-0.05, 0) is 26.0 Å². The molecule has 1 amide bonds. The summed E-state index contributed by atoms with van der Waals surface area (Å²) >= 11 is 6.24. The number of nitrogens with zero attached hydrogens (tertiary/aromatic N) is 2. The van der Waals surface area contributed by atoms with Crippen LogP contribution >= 0.6 is 11.6 Å². The number of aryl methyl sites for hydroxylation is 2. The van der Waals surface area contributed by atoms with E-state index in [1.807, 2.05) is 31.2 Å². The highest BCUT2D eigenvalue weighted by Gasteiger charge is 2.24. The number of aromatic nitrogens is 2. The molecule has 0 unspecified atom stereocenters. The van der Waals surface area contributed by atoms with Gasteiger partial charge in [-0.1, -0.05) is 29.3 Å². The van der Waals surface area contributed by atoms with E-state index in [0.29, 0.717) is 11.5 Å². The van der Waals surface area contributed by atoms with Crippen LogP contribution in [0.25, 0.3) is 16.9 Å². The fourth-order valence-corrected chi connectivity index (χ4v) is 3.27. The average molecular weight is 420 g/mol. The van der Waals surface area contributed by atoms with Gasteiger partial charge in [-0.25, -0.2) is 13.8 Å². The third-order valence-corrected chi connectivity index (χ3v) is 4.69. The zero-order valence-corrected chi connectivity index (χ0v) is 17.0. The fourth-order valence-electron chi connectivity index (χ4n) is 2.97. The van der Waals surface area contributed by atoms with Gasteiger partial charge in [0.25, 0.3) is 0 Å². The summed E-state index contributed by atoms with van der Waals surface area (Å²) < 4.78 is 36.7. The van der Waals surface area contributed by atoms with Gasteiger partial charge < -0.3 is 10.1 Å². The van der Waals surface area contributed by atoms with Crippen molar-refractivity contribution in [2.75, 3.05) is 13.7 Å². The molecule has 0 bridgehead atoms. The number of amides is 1. The first-order chi connectivity index (χ1) is 13.8. The highest BCUT2D eigenvalue weighted by Crippen LogP contribution is 2.36. The van der Waals surface area contributed by atoms with E-state index in [1.165, 1.54) is 7.05 Å².